The molecule has 0 spiro atoms. The molecule has 0 heterocycles. The summed E-state index contributed by atoms with van der Waals surface area (Å²) in [5, 5.41) is 2.42. The van der Waals surface area contributed by atoms with Gasteiger partial charge in [-0.2, -0.15) is 0 Å². The lowest BCUT2D eigenvalue weighted by atomic mass is 10.2. The van der Waals surface area contributed by atoms with Crippen molar-refractivity contribution in [2.45, 2.75) is 12.8 Å². The van der Waals surface area contributed by atoms with Gasteiger partial charge < -0.3 is 5.32 Å². The number of hydrogen-bond donors (Lipinski definition) is 1. The van der Waals surface area contributed by atoms with E-state index in [-0.39, 0.29) is 31.0 Å². The first-order chi connectivity index (χ1) is 9.25. The normalized spacial score (nSPS) is 11.2. The van der Waals surface area contributed by atoms with E-state index in [0.29, 0.717) is 0 Å². The second-order valence-corrected chi connectivity index (χ2v) is 6.12. The first-order valence-corrected chi connectivity index (χ1v) is 7.74. The maximum absolute atomic E-state index is 13.2. The topological polar surface area (TPSA) is 66.5 Å². The summed E-state index contributed by atoms with van der Waals surface area (Å²) in [5.41, 5.74) is 0.0308. The van der Waals surface area contributed by atoms with E-state index < -0.39 is 21.7 Å². The van der Waals surface area contributed by atoms with Gasteiger partial charge in [-0.05, 0) is 18.6 Å². The Hall–Kier alpha value is -1.70. The molecule has 1 aromatic rings. The zero-order valence-electron chi connectivity index (χ0n) is 11.2. The number of rotatable bonds is 6. The van der Waals surface area contributed by atoms with E-state index >= 15 is 0 Å². The fourth-order valence-electron chi connectivity index (χ4n) is 1.63. The van der Waals surface area contributed by atoms with Crippen molar-refractivity contribution in [1.82, 2.24) is 5.32 Å². The van der Waals surface area contributed by atoms with Gasteiger partial charge in [-0.25, -0.2) is 17.2 Å². The second kappa shape index (κ2) is 6.65. The Kier molecular flexibility index (Phi) is 5.43. The van der Waals surface area contributed by atoms with Crippen molar-refractivity contribution in [3.05, 3.63) is 29.8 Å². The number of nitrogens with zero attached hydrogens (tertiary/aromatic N) is 1. The molecule has 1 N–H and O–H groups in total. The lowest BCUT2D eigenvalue weighted by Gasteiger charge is -2.22. The van der Waals surface area contributed by atoms with Crippen LogP contribution < -0.4 is 9.62 Å². The fraction of sp³-hybridized carbons (Fsp3) is 0.417. The molecule has 1 rings (SSSR count). The number of carbonyl (C=O) groups is 1. The van der Waals surface area contributed by atoms with Crippen molar-refractivity contribution in [2.75, 3.05) is 24.2 Å². The van der Waals surface area contributed by atoms with Crippen molar-refractivity contribution in [3.63, 3.8) is 0 Å². The number of halogens is 2. The van der Waals surface area contributed by atoms with Gasteiger partial charge in [0.15, 0.2) is 11.6 Å². The summed E-state index contributed by atoms with van der Waals surface area (Å²) in [5.74, 6) is -2.39. The van der Waals surface area contributed by atoms with E-state index in [0.717, 1.165) is 22.7 Å². The lowest BCUT2D eigenvalue weighted by molar-refractivity contribution is -0.120. The molecule has 1 aromatic carbocycles. The van der Waals surface area contributed by atoms with Crippen molar-refractivity contribution in [2.24, 2.45) is 0 Å². The van der Waals surface area contributed by atoms with Gasteiger partial charge in [-0.15, -0.1) is 0 Å². The van der Waals surface area contributed by atoms with Gasteiger partial charge in [0.2, 0.25) is 15.9 Å². The van der Waals surface area contributed by atoms with Crippen LogP contribution in [0.3, 0.4) is 0 Å². The molecule has 0 saturated heterocycles. The Labute approximate surface area is 116 Å². The fourth-order valence-corrected chi connectivity index (χ4v) is 2.59. The van der Waals surface area contributed by atoms with Crippen LogP contribution in [0, 0.1) is 11.6 Å². The maximum atomic E-state index is 13.2. The summed E-state index contributed by atoms with van der Waals surface area (Å²) in [6.45, 7) is 0.0112. The minimum absolute atomic E-state index is 0.0112. The zero-order valence-corrected chi connectivity index (χ0v) is 12.0. The minimum Gasteiger partial charge on any atom is -0.359 e. The van der Waals surface area contributed by atoms with Gasteiger partial charge >= 0.3 is 0 Å². The third-order valence-corrected chi connectivity index (χ3v) is 3.83. The van der Waals surface area contributed by atoms with Crippen LogP contribution in [-0.4, -0.2) is 34.2 Å². The summed E-state index contributed by atoms with van der Waals surface area (Å²) in [6, 6.07) is 2.86. The molecule has 0 bridgehead atoms. The van der Waals surface area contributed by atoms with Crippen molar-refractivity contribution in [1.29, 1.82) is 0 Å². The molecule has 0 unspecified atom stereocenters. The molecule has 0 aliphatic heterocycles. The van der Waals surface area contributed by atoms with Crippen molar-refractivity contribution in [3.8, 4) is 0 Å². The number of hydrogen-bond acceptors (Lipinski definition) is 3. The zero-order chi connectivity index (χ0) is 15.3. The van der Waals surface area contributed by atoms with Gasteiger partial charge in [0.05, 0.1) is 11.9 Å². The highest BCUT2D eigenvalue weighted by Gasteiger charge is 2.18. The Morgan fingerprint density at radius 3 is 2.45 bits per heavy atom. The summed E-state index contributed by atoms with van der Waals surface area (Å²) in [6.07, 6.45) is 1.38. The van der Waals surface area contributed by atoms with Crippen LogP contribution in [0.15, 0.2) is 18.2 Å². The predicted octanol–water partition coefficient (Wildman–Crippen LogP) is 1.26. The van der Waals surface area contributed by atoms with Gasteiger partial charge in [0.25, 0.3) is 0 Å². The third-order valence-electron chi connectivity index (χ3n) is 2.64. The Morgan fingerprint density at radius 2 is 1.95 bits per heavy atom. The summed E-state index contributed by atoms with van der Waals surface area (Å²) >= 11 is 0. The standard InChI is InChI=1S/C12H16F2N2O3S/c1-15-12(17)4-3-7-16(20(2,18)19)9-5-6-10(13)11(14)8-9/h5-6,8H,3-4,7H2,1-2H3,(H,15,17). The Balaban J connectivity index is 2.90. The molecular weight excluding hydrogens is 290 g/mol. The van der Waals surface area contributed by atoms with Crippen LogP contribution in [0.4, 0.5) is 14.5 Å². The van der Waals surface area contributed by atoms with Gasteiger partial charge in [0, 0.05) is 26.1 Å². The first kappa shape index (κ1) is 16.4. The van der Waals surface area contributed by atoms with Gasteiger partial charge in [-0.1, -0.05) is 0 Å². The van der Waals surface area contributed by atoms with Gasteiger partial charge in [0.1, 0.15) is 0 Å². The number of nitrogens with one attached hydrogen (secondary N) is 1. The highest BCUT2D eigenvalue weighted by molar-refractivity contribution is 7.92. The molecule has 8 heteroatoms. The van der Waals surface area contributed by atoms with E-state index in [1.807, 2.05) is 0 Å². The predicted molar refractivity (Wildman–Crippen MR) is 71.8 cm³/mol. The quantitative estimate of drug-likeness (QED) is 0.860. The molecule has 1 amide bonds. The Morgan fingerprint density at radius 1 is 1.30 bits per heavy atom. The van der Waals surface area contributed by atoms with Crippen LogP contribution in [0.1, 0.15) is 12.8 Å². The molecule has 0 radical (unpaired) electrons. The average Bonchev–Trinajstić information content (AvgIpc) is 2.36. The van der Waals surface area contributed by atoms with Crippen LogP contribution >= 0.6 is 0 Å². The molecule has 0 fully saturated rings. The molecule has 0 aliphatic rings. The van der Waals surface area contributed by atoms with Crippen molar-refractivity contribution >= 4 is 21.6 Å². The summed E-state index contributed by atoms with van der Waals surface area (Å²) in [4.78, 5) is 11.1. The number of amides is 1. The van der Waals surface area contributed by atoms with E-state index in [1.54, 1.807) is 0 Å². The third kappa shape index (κ3) is 4.44. The molecule has 5 nitrogen and oxygen atoms in total. The van der Waals surface area contributed by atoms with Crippen LogP contribution in [0.2, 0.25) is 0 Å². The summed E-state index contributed by atoms with van der Waals surface area (Å²) in [7, 11) is -2.16. The molecule has 20 heavy (non-hydrogen) atoms. The molecular formula is C12H16F2N2O3S. The second-order valence-electron chi connectivity index (χ2n) is 4.21. The molecule has 0 aliphatic carbocycles. The number of sulfonamides is 1. The molecule has 0 aromatic heterocycles. The van der Waals surface area contributed by atoms with Crippen LogP contribution in [-0.2, 0) is 14.8 Å². The van der Waals surface area contributed by atoms with Gasteiger partial charge in [-0.3, -0.25) is 9.10 Å². The molecule has 0 saturated carbocycles. The molecule has 112 valence electrons. The average molecular weight is 306 g/mol. The Bertz CT molecular complexity index is 590. The van der Waals surface area contributed by atoms with Crippen LogP contribution in [0.25, 0.3) is 0 Å². The maximum Gasteiger partial charge on any atom is 0.232 e. The highest BCUT2D eigenvalue weighted by Crippen LogP contribution is 2.21. The first-order valence-electron chi connectivity index (χ1n) is 5.89. The lowest BCUT2D eigenvalue weighted by Crippen LogP contribution is -2.32. The van der Waals surface area contributed by atoms with E-state index in [4.69, 9.17) is 0 Å². The van der Waals surface area contributed by atoms with E-state index in [9.17, 15) is 22.0 Å². The van der Waals surface area contributed by atoms with Crippen LogP contribution in [0.5, 0.6) is 0 Å². The van der Waals surface area contributed by atoms with E-state index in [1.165, 1.54) is 13.1 Å². The summed E-state index contributed by atoms with van der Waals surface area (Å²) < 4.78 is 50.3. The smallest absolute Gasteiger partial charge is 0.232 e. The molecule has 0 atom stereocenters. The SMILES string of the molecule is CNC(=O)CCCN(c1ccc(F)c(F)c1)S(C)(=O)=O. The van der Waals surface area contributed by atoms with Crippen molar-refractivity contribution < 1.29 is 22.0 Å². The largest absolute Gasteiger partial charge is 0.359 e. The monoisotopic (exact) mass is 306 g/mol. The number of carbonyl (C=O) groups excluding carboxylic acids is 1. The minimum atomic E-state index is -3.64. The highest BCUT2D eigenvalue weighted by atomic mass is 32.2. The number of benzene rings is 1. The van der Waals surface area contributed by atoms with E-state index in [2.05, 4.69) is 5.32 Å². The number of anilines is 1.